The second kappa shape index (κ2) is 8.09. The van der Waals surface area contributed by atoms with Crippen LogP contribution in [-0.2, 0) is 0 Å². The second-order valence-corrected chi connectivity index (χ2v) is 4.71. The van der Waals surface area contributed by atoms with Crippen LogP contribution in [-0.4, -0.2) is 19.2 Å². The molecule has 1 atom stereocenters. The van der Waals surface area contributed by atoms with Crippen LogP contribution in [0.2, 0.25) is 0 Å². The molecule has 0 aliphatic heterocycles. The van der Waals surface area contributed by atoms with Crippen molar-refractivity contribution in [2.75, 3.05) is 13.2 Å². The van der Waals surface area contributed by atoms with Crippen molar-refractivity contribution in [3.8, 4) is 5.75 Å². The molecule has 0 saturated heterocycles. The Hall–Kier alpha value is -1.09. The van der Waals surface area contributed by atoms with Crippen LogP contribution >= 0.6 is 0 Å². The molecule has 2 nitrogen and oxygen atoms in total. The van der Waals surface area contributed by atoms with E-state index in [0.29, 0.717) is 12.6 Å². The van der Waals surface area contributed by atoms with E-state index < -0.39 is 0 Å². The van der Waals surface area contributed by atoms with Gasteiger partial charge in [0, 0.05) is 6.04 Å². The number of halogens is 1. The molecular formula is C15H24FNO. The largest absolute Gasteiger partial charge is 0.493 e. The molecule has 0 amide bonds. The van der Waals surface area contributed by atoms with Gasteiger partial charge < -0.3 is 10.1 Å². The number of ether oxygens (including phenoxy) is 1. The normalized spacial score (nSPS) is 12.4. The molecule has 0 radical (unpaired) electrons. The maximum Gasteiger partial charge on any atom is 0.123 e. The number of unbranched alkanes of at least 4 members (excludes halogenated alkanes) is 1. The molecule has 18 heavy (non-hydrogen) atoms. The Morgan fingerprint density at radius 1 is 1.33 bits per heavy atom. The van der Waals surface area contributed by atoms with E-state index in [2.05, 4.69) is 19.2 Å². The highest BCUT2D eigenvalue weighted by molar-refractivity contribution is 5.32. The van der Waals surface area contributed by atoms with Crippen molar-refractivity contribution in [2.45, 2.75) is 46.1 Å². The molecule has 1 aromatic rings. The maximum absolute atomic E-state index is 12.9. The van der Waals surface area contributed by atoms with Gasteiger partial charge in [0.25, 0.3) is 0 Å². The summed E-state index contributed by atoms with van der Waals surface area (Å²) in [6, 6.07) is 5.21. The molecule has 1 rings (SSSR count). The van der Waals surface area contributed by atoms with Gasteiger partial charge in [-0.05, 0) is 63.4 Å². The van der Waals surface area contributed by atoms with E-state index in [1.165, 1.54) is 18.6 Å². The van der Waals surface area contributed by atoms with Crippen LogP contribution in [0.5, 0.6) is 5.75 Å². The van der Waals surface area contributed by atoms with Gasteiger partial charge in [-0.3, -0.25) is 0 Å². The number of benzene rings is 1. The first-order valence-corrected chi connectivity index (χ1v) is 6.75. The van der Waals surface area contributed by atoms with Gasteiger partial charge >= 0.3 is 0 Å². The highest BCUT2D eigenvalue weighted by Crippen LogP contribution is 2.18. The summed E-state index contributed by atoms with van der Waals surface area (Å²) >= 11 is 0. The molecule has 1 N–H and O–H groups in total. The molecule has 1 unspecified atom stereocenters. The van der Waals surface area contributed by atoms with Crippen LogP contribution in [0.3, 0.4) is 0 Å². The summed E-state index contributed by atoms with van der Waals surface area (Å²) < 4.78 is 18.5. The van der Waals surface area contributed by atoms with Crippen LogP contribution in [0, 0.1) is 12.7 Å². The fourth-order valence-corrected chi connectivity index (χ4v) is 1.96. The Morgan fingerprint density at radius 3 is 2.78 bits per heavy atom. The van der Waals surface area contributed by atoms with E-state index in [9.17, 15) is 4.39 Å². The van der Waals surface area contributed by atoms with Crippen molar-refractivity contribution < 1.29 is 9.13 Å². The number of hydrogen-bond donors (Lipinski definition) is 1. The van der Waals surface area contributed by atoms with Gasteiger partial charge in [0.15, 0.2) is 0 Å². The minimum absolute atomic E-state index is 0.209. The predicted octanol–water partition coefficient (Wildman–Crippen LogP) is 3.68. The molecule has 0 fully saturated rings. The number of nitrogens with one attached hydrogen (secondary N) is 1. The van der Waals surface area contributed by atoms with E-state index in [4.69, 9.17) is 4.74 Å². The van der Waals surface area contributed by atoms with Gasteiger partial charge in [0.1, 0.15) is 11.6 Å². The highest BCUT2D eigenvalue weighted by atomic mass is 19.1. The van der Waals surface area contributed by atoms with Gasteiger partial charge in [0.05, 0.1) is 6.61 Å². The van der Waals surface area contributed by atoms with Crippen molar-refractivity contribution in [1.29, 1.82) is 0 Å². The Kier molecular flexibility index (Phi) is 6.73. The minimum atomic E-state index is -0.209. The Balaban J connectivity index is 2.18. The SMILES string of the molecule is CCNC(C)CCCCOc1ccc(F)cc1C. The Labute approximate surface area is 110 Å². The lowest BCUT2D eigenvalue weighted by atomic mass is 10.1. The molecule has 0 heterocycles. The summed E-state index contributed by atoms with van der Waals surface area (Å²) in [6.45, 7) is 7.91. The summed E-state index contributed by atoms with van der Waals surface area (Å²) in [5, 5.41) is 3.39. The van der Waals surface area contributed by atoms with Crippen LogP contribution in [0.25, 0.3) is 0 Å². The Bertz CT molecular complexity index is 354. The zero-order chi connectivity index (χ0) is 13.4. The summed E-state index contributed by atoms with van der Waals surface area (Å²) in [6.07, 6.45) is 3.35. The van der Waals surface area contributed by atoms with E-state index in [0.717, 1.165) is 30.7 Å². The maximum atomic E-state index is 12.9. The number of hydrogen-bond acceptors (Lipinski definition) is 2. The zero-order valence-electron chi connectivity index (χ0n) is 11.6. The first-order valence-electron chi connectivity index (χ1n) is 6.75. The molecule has 0 saturated carbocycles. The Morgan fingerprint density at radius 2 is 2.11 bits per heavy atom. The predicted molar refractivity (Wildman–Crippen MR) is 73.6 cm³/mol. The van der Waals surface area contributed by atoms with E-state index >= 15 is 0 Å². The minimum Gasteiger partial charge on any atom is -0.493 e. The lowest BCUT2D eigenvalue weighted by Crippen LogP contribution is -2.25. The summed E-state index contributed by atoms with van der Waals surface area (Å²) in [4.78, 5) is 0. The lowest BCUT2D eigenvalue weighted by Gasteiger charge is -2.12. The summed E-state index contributed by atoms with van der Waals surface area (Å²) in [7, 11) is 0. The van der Waals surface area contributed by atoms with E-state index in [-0.39, 0.29) is 5.82 Å². The molecule has 0 spiro atoms. The molecule has 0 aliphatic carbocycles. The molecule has 0 aromatic heterocycles. The third-order valence-corrected chi connectivity index (χ3v) is 2.98. The van der Waals surface area contributed by atoms with Crippen molar-refractivity contribution >= 4 is 0 Å². The lowest BCUT2D eigenvalue weighted by molar-refractivity contribution is 0.299. The highest BCUT2D eigenvalue weighted by Gasteiger charge is 2.02. The van der Waals surface area contributed by atoms with Crippen LogP contribution < -0.4 is 10.1 Å². The molecule has 1 aromatic carbocycles. The topological polar surface area (TPSA) is 21.3 Å². The third kappa shape index (κ3) is 5.50. The second-order valence-electron chi connectivity index (χ2n) is 4.71. The monoisotopic (exact) mass is 253 g/mol. The molecule has 102 valence electrons. The van der Waals surface area contributed by atoms with Crippen molar-refractivity contribution in [3.63, 3.8) is 0 Å². The molecular weight excluding hydrogens is 229 g/mol. The van der Waals surface area contributed by atoms with Crippen molar-refractivity contribution in [3.05, 3.63) is 29.6 Å². The van der Waals surface area contributed by atoms with Gasteiger partial charge in [-0.25, -0.2) is 4.39 Å². The van der Waals surface area contributed by atoms with E-state index in [1.807, 2.05) is 6.92 Å². The van der Waals surface area contributed by atoms with Crippen LogP contribution in [0.4, 0.5) is 4.39 Å². The third-order valence-electron chi connectivity index (χ3n) is 2.98. The average molecular weight is 253 g/mol. The smallest absolute Gasteiger partial charge is 0.123 e. The van der Waals surface area contributed by atoms with E-state index in [1.54, 1.807) is 6.07 Å². The van der Waals surface area contributed by atoms with Crippen molar-refractivity contribution in [2.24, 2.45) is 0 Å². The van der Waals surface area contributed by atoms with Gasteiger partial charge in [-0.15, -0.1) is 0 Å². The number of aryl methyl sites for hydroxylation is 1. The van der Waals surface area contributed by atoms with Crippen molar-refractivity contribution in [1.82, 2.24) is 5.32 Å². The molecule has 3 heteroatoms. The molecule has 0 aliphatic rings. The first-order chi connectivity index (χ1) is 8.63. The van der Waals surface area contributed by atoms with Gasteiger partial charge in [-0.1, -0.05) is 6.92 Å². The summed E-state index contributed by atoms with van der Waals surface area (Å²) in [5.41, 5.74) is 0.857. The quantitative estimate of drug-likeness (QED) is 0.714. The van der Waals surface area contributed by atoms with Crippen LogP contribution in [0.15, 0.2) is 18.2 Å². The van der Waals surface area contributed by atoms with Gasteiger partial charge in [0.2, 0.25) is 0 Å². The molecule has 0 bridgehead atoms. The summed E-state index contributed by atoms with van der Waals surface area (Å²) in [5.74, 6) is 0.579. The number of rotatable bonds is 8. The fraction of sp³-hybridized carbons (Fsp3) is 0.600. The standard InChI is InChI=1S/C15H24FNO/c1-4-17-13(3)7-5-6-10-18-15-9-8-14(16)11-12(15)2/h8-9,11,13,17H,4-7,10H2,1-3H3. The van der Waals surface area contributed by atoms with Crippen LogP contribution in [0.1, 0.15) is 38.7 Å². The zero-order valence-corrected chi connectivity index (χ0v) is 11.6. The van der Waals surface area contributed by atoms with Gasteiger partial charge in [-0.2, -0.15) is 0 Å². The average Bonchev–Trinajstić information content (AvgIpc) is 2.31. The first kappa shape index (κ1) is 15.0. The fourth-order valence-electron chi connectivity index (χ4n) is 1.96.